The molecule has 2 aromatic heterocycles. The van der Waals surface area contributed by atoms with Crippen LogP contribution in [0.4, 0.5) is 13.2 Å². The Balaban J connectivity index is 2.40. The second kappa shape index (κ2) is 9.24. The first kappa shape index (κ1) is 23.3. The minimum absolute atomic E-state index is 0.00477. The van der Waals surface area contributed by atoms with E-state index in [1.54, 1.807) is 6.92 Å². The van der Waals surface area contributed by atoms with E-state index in [0.717, 1.165) is 16.8 Å². The number of alkyl halides is 3. The molecule has 0 amide bonds. The van der Waals surface area contributed by atoms with E-state index in [1.165, 1.54) is 31.5 Å². The first-order chi connectivity index (χ1) is 14.0. The Hall–Kier alpha value is -2.95. The van der Waals surface area contributed by atoms with E-state index in [0.29, 0.717) is 0 Å². The van der Waals surface area contributed by atoms with Crippen molar-refractivity contribution in [2.24, 2.45) is 0 Å². The summed E-state index contributed by atoms with van der Waals surface area (Å²) in [5, 5.41) is 17.8. The summed E-state index contributed by atoms with van der Waals surface area (Å²) in [4.78, 5) is 15.6. The van der Waals surface area contributed by atoms with Crippen LogP contribution in [0.5, 0.6) is 5.88 Å². The number of nitrogens with one attached hydrogen (secondary N) is 1. The third-order valence-electron chi connectivity index (χ3n) is 4.23. The molecule has 0 aromatic carbocycles. The summed E-state index contributed by atoms with van der Waals surface area (Å²) in [6.07, 6.45) is 0.828. The number of aromatic nitrogens is 2. The van der Waals surface area contributed by atoms with Crippen LogP contribution in [0.2, 0.25) is 0 Å². The summed E-state index contributed by atoms with van der Waals surface area (Å²) in [5.41, 5.74) is -0.872. The molecule has 1 atom stereocenters. The molecule has 2 heterocycles. The minimum Gasteiger partial charge on any atom is -0.477 e. The molecule has 0 radical (unpaired) electrons. The SMILES string of the molecule is C/C=C(\C(=N)n1ccc(C(F)(F)F)c1C)c1cnc(OCCS(C)=O)c(C(=O)O)c1. The van der Waals surface area contributed by atoms with Gasteiger partial charge in [-0.15, -0.1) is 0 Å². The van der Waals surface area contributed by atoms with Crippen molar-refractivity contribution in [3.63, 3.8) is 0 Å². The van der Waals surface area contributed by atoms with Crippen LogP contribution >= 0.6 is 0 Å². The summed E-state index contributed by atoms with van der Waals surface area (Å²) in [6.45, 7) is 2.83. The minimum atomic E-state index is -4.55. The summed E-state index contributed by atoms with van der Waals surface area (Å²) in [7, 11) is -1.12. The van der Waals surface area contributed by atoms with Crippen LogP contribution in [0.3, 0.4) is 0 Å². The van der Waals surface area contributed by atoms with Crippen LogP contribution in [-0.4, -0.2) is 49.3 Å². The topological polar surface area (TPSA) is 105 Å². The van der Waals surface area contributed by atoms with E-state index in [9.17, 15) is 27.3 Å². The van der Waals surface area contributed by atoms with Crippen molar-refractivity contribution >= 4 is 28.2 Å². The number of ether oxygens (including phenoxy) is 1. The molecule has 0 fully saturated rings. The second-order valence-electron chi connectivity index (χ2n) is 6.24. The Morgan fingerprint density at radius 3 is 2.60 bits per heavy atom. The normalized spacial score (nSPS) is 13.2. The van der Waals surface area contributed by atoms with Crippen molar-refractivity contribution < 1.29 is 32.0 Å². The summed E-state index contributed by atoms with van der Waals surface area (Å²) in [6, 6.07) is 2.12. The van der Waals surface area contributed by atoms with Crippen LogP contribution in [0.1, 0.15) is 34.1 Å². The van der Waals surface area contributed by atoms with Crippen molar-refractivity contribution in [2.75, 3.05) is 18.6 Å². The van der Waals surface area contributed by atoms with Crippen molar-refractivity contribution in [1.29, 1.82) is 5.41 Å². The standard InChI is InChI=1S/C19H20F3N3O4S/c1-4-13(16(23)25-6-5-15(11(25)2)19(20,21)22)12-9-14(18(26)27)17(24-10-12)29-7-8-30(3)28/h4-6,9-10,23H,7-8H2,1-3H3,(H,26,27)/b13-4-,23-16?. The first-order valence-electron chi connectivity index (χ1n) is 8.64. The van der Waals surface area contributed by atoms with Crippen LogP contribution in [0.15, 0.2) is 30.6 Å². The number of hydrogen-bond acceptors (Lipinski definition) is 5. The summed E-state index contributed by atoms with van der Waals surface area (Å²) < 4.78 is 56.7. The number of rotatable bonds is 7. The van der Waals surface area contributed by atoms with E-state index < -0.39 is 28.5 Å². The van der Waals surface area contributed by atoms with Crippen molar-refractivity contribution in [3.8, 4) is 5.88 Å². The van der Waals surface area contributed by atoms with Gasteiger partial charge in [0.2, 0.25) is 5.88 Å². The van der Waals surface area contributed by atoms with Gasteiger partial charge in [-0.2, -0.15) is 13.2 Å². The van der Waals surface area contributed by atoms with Crippen LogP contribution in [0.25, 0.3) is 5.57 Å². The molecule has 11 heteroatoms. The van der Waals surface area contributed by atoms with E-state index in [1.807, 2.05) is 0 Å². The lowest BCUT2D eigenvalue weighted by Crippen LogP contribution is -2.16. The number of aromatic carboxylic acids is 1. The molecule has 0 bridgehead atoms. The van der Waals surface area contributed by atoms with Crippen molar-refractivity contribution in [2.45, 2.75) is 20.0 Å². The molecule has 0 aliphatic rings. The van der Waals surface area contributed by atoms with E-state index >= 15 is 0 Å². The van der Waals surface area contributed by atoms with Gasteiger partial charge in [0, 0.05) is 46.3 Å². The smallest absolute Gasteiger partial charge is 0.418 e. The van der Waals surface area contributed by atoms with Crippen LogP contribution in [-0.2, 0) is 17.0 Å². The highest BCUT2D eigenvalue weighted by Gasteiger charge is 2.34. The van der Waals surface area contributed by atoms with Gasteiger partial charge in [0.05, 0.1) is 11.3 Å². The monoisotopic (exact) mass is 443 g/mol. The van der Waals surface area contributed by atoms with Gasteiger partial charge < -0.3 is 14.4 Å². The molecule has 162 valence electrons. The van der Waals surface area contributed by atoms with Gasteiger partial charge in [0.25, 0.3) is 0 Å². The fraction of sp³-hybridized carbons (Fsp3) is 0.316. The predicted octanol–water partition coefficient (Wildman–Crippen LogP) is 3.59. The Morgan fingerprint density at radius 2 is 2.10 bits per heavy atom. The molecule has 0 aliphatic heterocycles. The highest BCUT2D eigenvalue weighted by molar-refractivity contribution is 7.84. The largest absolute Gasteiger partial charge is 0.477 e. The van der Waals surface area contributed by atoms with Gasteiger partial charge in [-0.3, -0.25) is 9.62 Å². The highest BCUT2D eigenvalue weighted by atomic mass is 32.2. The Labute approximate surface area is 173 Å². The molecular formula is C19H20F3N3O4S. The van der Waals surface area contributed by atoms with Crippen LogP contribution < -0.4 is 4.74 Å². The molecule has 0 spiro atoms. The maximum absolute atomic E-state index is 13.1. The molecule has 0 aliphatic carbocycles. The van der Waals surface area contributed by atoms with Crippen molar-refractivity contribution in [3.05, 3.63) is 53.0 Å². The predicted molar refractivity (Wildman–Crippen MR) is 107 cm³/mol. The highest BCUT2D eigenvalue weighted by Crippen LogP contribution is 2.33. The summed E-state index contributed by atoms with van der Waals surface area (Å²) >= 11 is 0. The Kier molecular flexibility index (Phi) is 7.19. The fourth-order valence-electron chi connectivity index (χ4n) is 2.75. The zero-order valence-electron chi connectivity index (χ0n) is 16.4. The van der Waals surface area contributed by atoms with Crippen molar-refractivity contribution in [1.82, 2.24) is 9.55 Å². The lowest BCUT2D eigenvalue weighted by atomic mass is 10.0. The molecule has 7 nitrogen and oxygen atoms in total. The molecule has 2 N–H and O–H groups in total. The third kappa shape index (κ3) is 5.15. The van der Waals surface area contributed by atoms with Crippen LogP contribution in [0, 0.1) is 12.3 Å². The number of carboxylic acids is 1. The van der Waals surface area contributed by atoms with Gasteiger partial charge in [0.15, 0.2) is 0 Å². The molecule has 1 unspecified atom stereocenters. The molecular weight excluding hydrogens is 423 g/mol. The number of pyridine rings is 1. The summed E-state index contributed by atoms with van der Waals surface area (Å²) in [5.74, 6) is -1.56. The molecule has 2 rings (SSSR count). The number of allylic oxidation sites excluding steroid dienone is 2. The molecule has 30 heavy (non-hydrogen) atoms. The van der Waals surface area contributed by atoms with E-state index in [2.05, 4.69) is 4.98 Å². The zero-order chi connectivity index (χ0) is 22.6. The van der Waals surface area contributed by atoms with Gasteiger partial charge in [0.1, 0.15) is 18.0 Å². The van der Waals surface area contributed by atoms with E-state index in [-0.39, 0.29) is 46.5 Å². The average Bonchev–Trinajstić information content (AvgIpc) is 3.04. The fourth-order valence-corrected chi connectivity index (χ4v) is 3.06. The van der Waals surface area contributed by atoms with Gasteiger partial charge in [-0.05, 0) is 26.0 Å². The Bertz CT molecular complexity index is 1030. The lowest BCUT2D eigenvalue weighted by Gasteiger charge is -2.15. The number of nitrogens with zero attached hydrogens (tertiary/aromatic N) is 2. The lowest BCUT2D eigenvalue weighted by molar-refractivity contribution is -0.138. The number of halogens is 3. The third-order valence-corrected chi connectivity index (χ3v) is 4.98. The first-order valence-corrected chi connectivity index (χ1v) is 10.4. The second-order valence-corrected chi connectivity index (χ2v) is 7.80. The maximum atomic E-state index is 13.1. The van der Waals surface area contributed by atoms with E-state index in [4.69, 9.17) is 10.1 Å². The quantitative estimate of drug-likeness (QED) is 0.503. The number of carbonyl (C=O) groups is 1. The molecule has 2 aromatic rings. The zero-order valence-corrected chi connectivity index (χ0v) is 17.2. The molecule has 0 saturated heterocycles. The Morgan fingerprint density at radius 1 is 1.43 bits per heavy atom. The van der Waals surface area contributed by atoms with Gasteiger partial charge in [-0.1, -0.05) is 6.08 Å². The number of carboxylic acid groups (broad SMARTS) is 1. The molecule has 0 saturated carbocycles. The number of hydrogen-bond donors (Lipinski definition) is 2. The van der Waals surface area contributed by atoms with Gasteiger partial charge in [-0.25, -0.2) is 9.78 Å². The maximum Gasteiger partial charge on any atom is 0.418 e. The average molecular weight is 443 g/mol. The van der Waals surface area contributed by atoms with Gasteiger partial charge >= 0.3 is 12.1 Å².